The first-order valence-electron chi connectivity index (χ1n) is 6.31. The first-order chi connectivity index (χ1) is 8.85. The lowest BCUT2D eigenvalue weighted by atomic mass is 10.0. The number of rotatable bonds is 4. The second-order valence-corrected chi connectivity index (χ2v) is 4.44. The molecule has 1 saturated heterocycles. The summed E-state index contributed by atoms with van der Waals surface area (Å²) in [7, 11) is 1.66. The predicted octanol–water partition coefficient (Wildman–Crippen LogP) is 1.56. The van der Waals surface area contributed by atoms with Gasteiger partial charge in [-0.1, -0.05) is 12.1 Å². The zero-order valence-electron chi connectivity index (χ0n) is 10.7. The number of nitrogens with zero attached hydrogens (tertiary/aromatic N) is 2. The molecular formula is C14H19N3O. The van der Waals surface area contributed by atoms with Crippen molar-refractivity contribution in [1.29, 1.82) is 5.26 Å². The van der Waals surface area contributed by atoms with Gasteiger partial charge in [-0.25, -0.2) is 0 Å². The van der Waals surface area contributed by atoms with Crippen molar-refractivity contribution in [2.24, 2.45) is 0 Å². The quantitative estimate of drug-likeness (QED) is 0.874. The van der Waals surface area contributed by atoms with Crippen LogP contribution in [0.5, 0.6) is 5.75 Å². The molecule has 1 atom stereocenters. The van der Waals surface area contributed by atoms with Crippen LogP contribution in [0.15, 0.2) is 24.3 Å². The third kappa shape index (κ3) is 3.00. The Hall–Kier alpha value is -1.57. The van der Waals surface area contributed by atoms with Gasteiger partial charge in [-0.15, -0.1) is 0 Å². The van der Waals surface area contributed by atoms with Crippen LogP contribution >= 0.6 is 0 Å². The van der Waals surface area contributed by atoms with E-state index in [0.717, 1.165) is 31.9 Å². The zero-order chi connectivity index (χ0) is 12.8. The van der Waals surface area contributed by atoms with E-state index in [-0.39, 0.29) is 6.04 Å². The summed E-state index contributed by atoms with van der Waals surface area (Å²) in [5.41, 5.74) is 1.19. The molecule has 0 saturated carbocycles. The molecule has 0 aromatic heterocycles. The van der Waals surface area contributed by atoms with E-state index in [1.165, 1.54) is 5.56 Å². The first-order valence-corrected chi connectivity index (χ1v) is 6.31. The Morgan fingerprint density at radius 3 is 2.56 bits per heavy atom. The number of ether oxygens (including phenoxy) is 1. The molecule has 1 aromatic rings. The van der Waals surface area contributed by atoms with Crippen molar-refractivity contribution in [2.45, 2.75) is 12.5 Å². The Morgan fingerprint density at radius 2 is 2.00 bits per heavy atom. The van der Waals surface area contributed by atoms with Crippen LogP contribution in [0.2, 0.25) is 0 Å². The minimum atomic E-state index is 0.197. The molecule has 4 heteroatoms. The van der Waals surface area contributed by atoms with Crippen LogP contribution < -0.4 is 10.1 Å². The molecule has 1 aliphatic rings. The lowest BCUT2D eigenvalue weighted by Gasteiger charge is -2.34. The summed E-state index contributed by atoms with van der Waals surface area (Å²) in [6.45, 7) is 3.99. The van der Waals surface area contributed by atoms with Crippen LogP contribution in [-0.2, 0) is 0 Å². The highest BCUT2D eigenvalue weighted by atomic mass is 16.5. The molecule has 96 valence electrons. The lowest BCUT2D eigenvalue weighted by Crippen LogP contribution is -2.45. The zero-order valence-corrected chi connectivity index (χ0v) is 10.7. The predicted molar refractivity (Wildman–Crippen MR) is 70.4 cm³/mol. The van der Waals surface area contributed by atoms with Gasteiger partial charge in [0.25, 0.3) is 0 Å². The highest BCUT2D eigenvalue weighted by Crippen LogP contribution is 2.26. The number of piperazine rings is 1. The molecule has 0 bridgehead atoms. The van der Waals surface area contributed by atoms with Crippen molar-refractivity contribution in [1.82, 2.24) is 10.2 Å². The van der Waals surface area contributed by atoms with Crippen molar-refractivity contribution in [3.8, 4) is 11.8 Å². The molecular weight excluding hydrogens is 226 g/mol. The Balaban J connectivity index is 2.14. The van der Waals surface area contributed by atoms with E-state index >= 15 is 0 Å². The largest absolute Gasteiger partial charge is 0.497 e. The molecule has 0 radical (unpaired) electrons. The van der Waals surface area contributed by atoms with E-state index in [9.17, 15) is 0 Å². The Bertz CT molecular complexity index is 404. The fourth-order valence-corrected chi connectivity index (χ4v) is 2.36. The van der Waals surface area contributed by atoms with Gasteiger partial charge < -0.3 is 10.1 Å². The Morgan fingerprint density at radius 1 is 1.33 bits per heavy atom. The summed E-state index contributed by atoms with van der Waals surface area (Å²) in [6.07, 6.45) is 0.534. The van der Waals surface area contributed by atoms with Gasteiger partial charge in [0.05, 0.1) is 19.6 Å². The summed E-state index contributed by atoms with van der Waals surface area (Å²) in [6, 6.07) is 10.5. The Kier molecular flexibility index (Phi) is 4.57. The van der Waals surface area contributed by atoms with E-state index in [2.05, 4.69) is 28.4 Å². The van der Waals surface area contributed by atoms with E-state index in [1.54, 1.807) is 7.11 Å². The molecule has 0 amide bonds. The van der Waals surface area contributed by atoms with Crippen molar-refractivity contribution < 1.29 is 4.74 Å². The minimum Gasteiger partial charge on any atom is -0.497 e. The highest BCUT2D eigenvalue weighted by molar-refractivity contribution is 5.29. The van der Waals surface area contributed by atoms with Crippen molar-refractivity contribution in [3.63, 3.8) is 0 Å². The van der Waals surface area contributed by atoms with Gasteiger partial charge >= 0.3 is 0 Å². The Labute approximate surface area is 108 Å². The smallest absolute Gasteiger partial charge is 0.118 e. The lowest BCUT2D eigenvalue weighted by molar-refractivity contribution is 0.175. The van der Waals surface area contributed by atoms with E-state index in [4.69, 9.17) is 10.00 Å². The van der Waals surface area contributed by atoms with Crippen LogP contribution in [0.4, 0.5) is 0 Å². The SMILES string of the molecule is COc1ccc([C@H](CC#N)N2CCNCC2)cc1. The van der Waals surface area contributed by atoms with Crippen molar-refractivity contribution >= 4 is 0 Å². The van der Waals surface area contributed by atoms with Crippen LogP contribution in [0.3, 0.4) is 0 Å². The van der Waals surface area contributed by atoms with Crippen LogP contribution in [-0.4, -0.2) is 38.2 Å². The number of hydrogen-bond acceptors (Lipinski definition) is 4. The average Bonchev–Trinajstić information content (AvgIpc) is 2.46. The molecule has 1 aliphatic heterocycles. The maximum atomic E-state index is 9.01. The summed E-state index contributed by atoms with van der Waals surface area (Å²) >= 11 is 0. The van der Waals surface area contributed by atoms with Gasteiger partial charge in [-0.05, 0) is 17.7 Å². The average molecular weight is 245 g/mol. The monoisotopic (exact) mass is 245 g/mol. The third-order valence-corrected chi connectivity index (χ3v) is 3.38. The fraction of sp³-hybridized carbons (Fsp3) is 0.500. The molecule has 1 aromatic carbocycles. The number of nitriles is 1. The van der Waals surface area contributed by atoms with Crippen LogP contribution in [0.1, 0.15) is 18.0 Å². The van der Waals surface area contributed by atoms with Gasteiger partial charge in [0.15, 0.2) is 0 Å². The number of nitrogens with one attached hydrogen (secondary N) is 1. The number of benzene rings is 1. The summed E-state index contributed by atoms with van der Waals surface area (Å²) in [5, 5.41) is 12.3. The second kappa shape index (κ2) is 6.39. The van der Waals surface area contributed by atoms with Gasteiger partial charge in [-0.2, -0.15) is 5.26 Å². The van der Waals surface area contributed by atoms with Gasteiger partial charge in [0.1, 0.15) is 5.75 Å². The molecule has 2 rings (SSSR count). The molecule has 4 nitrogen and oxygen atoms in total. The van der Waals surface area contributed by atoms with Gasteiger partial charge in [0.2, 0.25) is 0 Å². The van der Waals surface area contributed by atoms with Crippen molar-refractivity contribution in [3.05, 3.63) is 29.8 Å². The first kappa shape index (κ1) is 12.9. The molecule has 18 heavy (non-hydrogen) atoms. The standard InChI is InChI=1S/C14H19N3O/c1-18-13-4-2-12(3-5-13)14(6-7-15)17-10-8-16-9-11-17/h2-5,14,16H,6,8-11H2,1H3/t14-/m0/s1. The molecule has 0 unspecified atom stereocenters. The van der Waals surface area contributed by atoms with E-state index in [0.29, 0.717) is 6.42 Å². The van der Waals surface area contributed by atoms with Crippen LogP contribution in [0.25, 0.3) is 0 Å². The minimum absolute atomic E-state index is 0.197. The fourth-order valence-electron chi connectivity index (χ4n) is 2.36. The van der Waals surface area contributed by atoms with Crippen molar-refractivity contribution in [2.75, 3.05) is 33.3 Å². The summed E-state index contributed by atoms with van der Waals surface area (Å²) in [5.74, 6) is 0.856. The number of hydrogen-bond donors (Lipinski definition) is 1. The topological polar surface area (TPSA) is 48.3 Å². The number of methoxy groups -OCH3 is 1. The normalized spacial score (nSPS) is 18.0. The van der Waals surface area contributed by atoms with E-state index < -0.39 is 0 Å². The van der Waals surface area contributed by atoms with Crippen LogP contribution in [0, 0.1) is 11.3 Å². The molecule has 1 fully saturated rings. The third-order valence-electron chi connectivity index (χ3n) is 3.38. The highest BCUT2D eigenvalue weighted by Gasteiger charge is 2.21. The summed E-state index contributed by atoms with van der Waals surface area (Å²) in [4.78, 5) is 2.38. The summed E-state index contributed by atoms with van der Waals surface area (Å²) < 4.78 is 5.17. The molecule has 1 N–H and O–H groups in total. The molecule has 0 aliphatic carbocycles. The molecule has 1 heterocycles. The molecule has 0 spiro atoms. The second-order valence-electron chi connectivity index (χ2n) is 4.44. The maximum absolute atomic E-state index is 9.01. The van der Waals surface area contributed by atoms with Gasteiger partial charge in [-0.3, -0.25) is 4.90 Å². The van der Waals surface area contributed by atoms with E-state index in [1.807, 2.05) is 12.1 Å². The maximum Gasteiger partial charge on any atom is 0.118 e. The van der Waals surface area contributed by atoms with Gasteiger partial charge in [0, 0.05) is 32.2 Å².